The van der Waals surface area contributed by atoms with Gasteiger partial charge in [-0.2, -0.15) is 0 Å². The quantitative estimate of drug-likeness (QED) is 0.666. The van der Waals surface area contributed by atoms with Crippen LogP contribution in [0.4, 0.5) is 4.39 Å². The molecule has 3 nitrogen and oxygen atoms in total. The average Bonchev–Trinajstić information content (AvgIpc) is 2.46. The second kappa shape index (κ2) is 2.57. The Balaban J connectivity index is 2.67. The lowest BCUT2D eigenvalue weighted by Gasteiger charge is -1.85. The number of fused-ring (bicyclic) bond motifs is 1. The van der Waals surface area contributed by atoms with Gasteiger partial charge in [0.25, 0.3) is 0 Å². The van der Waals surface area contributed by atoms with Crippen molar-refractivity contribution in [3.8, 4) is 0 Å². The predicted molar refractivity (Wildman–Crippen MR) is 43.9 cm³/mol. The fourth-order valence-corrected chi connectivity index (χ4v) is 1.13. The van der Waals surface area contributed by atoms with E-state index in [1.165, 1.54) is 12.1 Å². The molecule has 4 heteroatoms. The van der Waals surface area contributed by atoms with Crippen LogP contribution in [0.2, 0.25) is 0 Å². The minimum absolute atomic E-state index is 0.280. The van der Waals surface area contributed by atoms with Crippen molar-refractivity contribution in [1.82, 2.24) is 9.97 Å². The smallest absolute Gasteiger partial charge is 0.125 e. The van der Waals surface area contributed by atoms with Crippen LogP contribution in [0.15, 0.2) is 18.2 Å². The molecule has 1 aromatic heterocycles. The minimum Gasteiger partial charge on any atom is -0.341 e. The van der Waals surface area contributed by atoms with Gasteiger partial charge in [-0.1, -0.05) is 0 Å². The molecule has 0 atom stereocenters. The Kier molecular flexibility index (Phi) is 1.55. The van der Waals surface area contributed by atoms with E-state index in [9.17, 15) is 4.39 Å². The van der Waals surface area contributed by atoms with E-state index in [-0.39, 0.29) is 5.82 Å². The number of nitrogens with one attached hydrogen (secondary N) is 1. The Hall–Kier alpha value is -1.42. The summed E-state index contributed by atoms with van der Waals surface area (Å²) in [6.45, 7) is 0.344. The highest BCUT2D eigenvalue weighted by Gasteiger charge is 2.00. The highest BCUT2D eigenvalue weighted by Crippen LogP contribution is 2.12. The first kappa shape index (κ1) is 7.24. The molecule has 0 saturated heterocycles. The summed E-state index contributed by atoms with van der Waals surface area (Å²) < 4.78 is 12.7. The number of hydrogen-bond acceptors (Lipinski definition) is 2. The Labute approximate surface area is 68.4 Å². The molecule has 0 aliphatic heterocycles. The van der Waals surface area contributed by atoms with Crippen molar-refractivity contribution in [2.24, 2.45) is 5.73 Å². The molecular formula is C8H8FN3. The van der Waals surface area contributed by atoms with Crippen LogP contribution in [0, 0.1) is 5.82 Å². The monoisotopic (exact) mass is 165 g/mol. The van der Waals surface area contributed by atoms with Gasteiger partial charge in [0.05, 0.1) is 17.6 Å². The molecular weight excluding hydrogens is 157 g/mol. The fraction of sp³-hybridized carbons (Fsp3) is 0.125. The van der Waals surface area contributed by atoms with E-state index >= 15 is 0 Å². The number of imidazole rings is 1. The van der Waals surface area contributed by atoms with Gasteiger partial charge in [0.1, 0.15) is 11.6 Å². The lowest BCUT2D eigenvalue weighted by Crippen LogP contribution is -1.97. The van der Waals surface area contributed by atoms with Crippen LogP contribution in [-0.4, -0.2) is 9.97 Å². The van der Waals surface area contributed by atoms with Gasteiger partial charge in [0.15, 0.2) is 0 Å². The summed E-state index contributed by atoms with van der Waals surface area (Å²) in [5.74, 6) is 0.396. The highest BCUT2D eigenvalue weighted by atomic mass is 19.1. The maximum atomic E-state index is 12.7. The van der Waals surface area contributed by atoms with E-state index in [4.69, 9.17) is 5.73 Å². The molecule has 12 heavy (non-hydrogen) atoms. The van der Waals surface area contributed by atoms with Crippen molar-refractivity contribution in [3.05, 3.63) is 29.8 Å². The third-order valence-corrected chi connectivity index (χ3v) is 1.69. The molecule has 2 aromatic rings. The minimum atomic E-state index is -0.280. The molecule has 3 N–H and O–H groups in total. The molecule has 2 rings (SSSR count). The third-order valence-electron chi connectivity index (χ3n) is 1.69. The first-order valence-corrected chi connectivity index (χ1v) is 3.64. The zero-order valence-corrected chi connectivity index (χ0v) is 6.34. The van der Waals surface area contributed by atoms with E-state index in [1.54, 1.807) is 6.07 Å². The predicted octanol–water partition coefficient (Wildman–Crippen LogP) is 1.16. The molecule has 0 radical (unpaired) electrons. The largest absolute Gasteiger partial charge is 0.341 e. The Morgan fingerprint density at radius 2 is 2.33 bits per heavy atom. The highest BCUT2D eigenvalue weighted by molar-refractivity contribution is 5.74. The molecule has 0 amide bonds. The van der Waals surface area contributed by atoms with Gasteiger partial charge >= 0.3 is 0 Å². The summed E-state index contributed by atoms with van der Waals surface area (Å²) in [5.41, 5.74) is 6.80. The number of H-pyrrole nitrogens is 1. The van der Waals surface area contributed by atoms with E-state index in [0.717, 1.165) is 5.52 Å². The van der Waals surface area contributed by atoms with Crippen molar-refractivity contribution in [2.75, 3.05) is 0 Å². The lowest BCUT2D eigenvalue weighted by atomic mass is 10.3. The van der Waals surface area contributed by atoms with Crippen LogP contribution in [-0.2, 0) is 6.54 Å². The lowest BCUT2D eigenvalue weighted by molar-refractivity contribution is 0.629. The first-order chi connectivity index (χ1) is 5.79. The van der Waals surface area contributed by atoms with Gasteiger partial charge in [-0.15, -0.1) is 0 Å². The maximum absolute atomic E-state index is 12.7. The number of halogens is 1. The van der Waals surface area contributed by atoms with Gasteiger partial charge in [0, 0.05) is 6.07 Å². The van der Waals surface area contributed by atoms with Crippen molar-refractivity contribution in [3.63, 3.8) is 0 Å². The SMILES string of the molecule is NCc1nc2cc(F)ccc2[nH]1. The van der Waals surface area contributed by atoms with Crippen molar-refractivity contribution in [1.29, 1.82) is 0 Å². The van der Waals surface area contributed by atoms with Gasteiger partial charge in [0.2, 0.25) is 0 Å². The maximum Gasteiger partial charge on any atom is 0.125 e. The second-order valence-corrected chi connectivity index (χ2v) is 2.55. The second-order valence-electron chi connectivity index (χ2n) is 2.55. The number of benzene rings is 1. The van der Waals surface area contributed by atoms with E-state index in [2.05, 4.69) is 9.97 Å². The fourth-order valence-electron chi connectivity index (χ4n) is 1.13. The molecule has 0 fully saturated rings. The van der Waals surface area contributed by atoms with E-state index in [1.807, 2.05) is 0 Å². The molecule has 0 unspecified atom stereocenters. The summed E-state index contributed by atoms with van der Waals surface area (Å²) in [6.07, 6.45) is 0. The summed E-state index contributed by atoms with van der Waals surface area (Å²) in [5, 5.41) is 0. The normalized spacial score (nSPS) is 10.8. The van der Waals surface area contributed by atoms with Crippen LogP contribution in [0.1, 0.15) is 5.82 Å². The van der Waals surface area contributed by atoms with Crippen molar-refractivity contribution < 1.29 is 4.39 Å². The third kappa shape index (κ3) is 1.06. The Bertz CT molecular complexity index is 408. The van der Waals surface area contributed by atoms with Gasteiger partial charge in [-0.25, -0.2) is 9.37 Å². The molecule has 0 bridgehead atoms. The number of nitrogens with two attached hydrogens (primary N) is 1. The average molecular weight is 165 g/mol. The zero-order valence-electron chi connectivity index (χ0n) is 6.34. The number of hydrogen-bond donors (Lipinski definition) is 2. The number of aromatic nitrogens is 2. The van der Waals surface area contributed by atoms with Gasteiger partial charge in [-0.05, 0) is 12.1 Å². The van der Waals surface area contributed by atoms with Crippen LogP contribution in [0.25, 0.3) is 11.0 Å². The molecule has 1 heterocycles. The van der Waals surface area contributed by atoms with Crippen LogP contribution < -0.4 is 5.73 Å². The Morgan fingerprint density at radius 1 is 1.50 bits per heavy atom. The number of nitrogens with zero attached hydrogens (tertiary/aromatic N) is 1. The summed E-state index contributed by atoms with van der Waals surface area (Å²) in [7, 11) is 0. The van der Waals surface area contributed by atoms with E-state index < -0.39 is 0 Å². The van der Waals surface area contributed by atoms with Crippen LogP contribution in [0.5, 0.6) is 0 Å². The molecule has 0 spiro atoms. The van der Waals surface area contributed by atoms with Crippen molar-refractivity contribution >= 4 is 11.0 Å². The standard InChI is InChI=1S/C8H8FN3/c9-5-1-2-6-7(3-5)12-8(4-10)11-6/h1-3H,4,10H2,(H,11,12). The number of aromatic amines is 1. The molecule has 62 valence electrons. The zero-order chi connectivity index (χ0) is 8.55. The molecule has 0 saturated carbocycles. The van der Waals surface area contributed by atoms with Crippen LogP contribution >= 0.6 is 0 Å². The summed E-state index contributed by atoms with van der Waals surface area (Å²) in [6, 6.07) is 4.42. The molecule has 1 aromatic carbocycles. The number of rotatable bonds is 1. The summed E-state index contributed by atoms with van der Waals surface area (Å²) in [4.78, 5) is 7.04. The summed E-state index contributed by atoms with van der Waals surface area (Å²) >= 11 is 0. The van der Waals surface area contributed by atoms with Gasteiger partial charge < -0.3 is 10.7 Å². The van der Waals surface area contributed by atoms with E-state index in [0.29, 0.717) is 17.9 Å². The molecule has 0 aliphatic rings. The Morgan fingerprint density at radius 3 is 3.08 bits per heavy atom. The van der Waals surface area contributed by atoms with Crippen LogP contribution in [0.3, 0.4) is 0 Å². The van der Waals surface area contributed by atoms with Gasteiger partial charge in [-0.3, -0.25) is 0 Å². The topological polar surface area (TPSA) is 54.7 Å². The van der Waals surface area contributed by atoms with Crippen molar-refractivity contribution in [2.45, 2.75) is 6.54 Å². The molecule has 0 aliphatic carbocycles. The first-order valence-electron chi connectivity index (χ1n) is 3.64.